The number of carbonyl (C=O) groups is 2. The Labute approximate surface area is 155 Å². The van der Waals surface area contributed by atoms with Crippen molar-refractivity contribution >= 4 is 28.3 Å². The summed E-state index contributed by atoms with van der Waals surface area (Å²) in [6, 6.07) is 13.0. The maximum absolute atomic E-state index is 12.3. The van der Waals surface area contributed by atoms with Crippen LogP contribution in [0.5, 0.6) is 0 Å². The highest BCUT2D eigenvalue weighted by Gasteiger charge is 2.14. The molecule has 6 nitrogen and oxygen atoms in total. The Hall–Kier alpha value is -3.06. The first-order valence-corrected chi connectivity index (χ1v) is 9.02. The van der Waals surface area contributed by atoms with Gasteiger partial charge in [-0.2, -0.15) is 0 Å². The molecule has 0 atom stereocenters. The Morgan fingerprint density at radius 3 is 2.65 bits per heavy atom. The van der Waals surface area contributed by atoms with E-state index in [1.165, 1.54) is 11.3 Å². The summed E-state index contributed by atoms with van der Waals surface area (Å²) in [5.41, 5.74) is 2.67. The van der Waals surface area contributed by atoms with Crippen molar-refractivity contribution in [3.8, 4) is 0 Å². The van der Waals surface area contributed by atoms with Crippen LogP contribution in [0.4, 0.5) is 5.13 Å². The van der Waals surface area contributed by atoms with Crippen molar-refractivity contribution in [2.45, 2.75) is 13.3 Å². The average Bonchev–Trinajstić information content (AvgIpc) is 3.11. The lowest BCUT2D eigenvalue weighted by Gasteiger charge is -2.04. The summed E-state index contributed by atoms with van der Waals surface area (Å²) in [5.74, 6) is -0.506. The van der Waals surface area contributed by atoms with Gasteiger partial charge in [0.05, 0.1) is 0 Å². The summed E-state index contributed by atoms with van der Waals surface area (Å²) in [4.78, 5) is 32.8. The number of aryl methyl sites for hydroxylation is 1. The van der Waals surface area contributed by atoms with Crippen molar-refractivity contribution in [2.24, 2.45) is 0 Å². The van der Waals surface area contributed by atoms with Crippen LogP contribution in [0.1, 0.15) is 32.1 Å². The highest BCUT2D eigenvalue weighted by atomic mass is 32.1. The zero-order valence-electron chi connectivity index (χ0n) is 14.2. The highest BCUT2D eigenvalue weighted by molar-refractivity contribution is 7.14. The van der Waals surface area contributed by atoms with Crippen molar-refractivity contribution in [2.75, 3.05) is 11.9 Å². The number of nitrogens with zero attached hydrogens (tertiary/aromatic N) is 2. The molecule has 0 radical (unpaired) electrons. The van der Waals surface area contributed by atoms with Crippen molar-refractivity contribution in [1.29, 1.82) is 0 Å². The highest BCUT2D eigenvalue weighted by Crippen LogP contribution is 2.17. The Kier molecular flexibility index (Phi) is 5.70. The minimum Gasteiger partial charge on any atom is -0.350 e. The number of amides is 2. The van der Waals surface area contributed by atoms with Gasteiger partial charge in [0, 0.05) is 35.8 Å². The molecule has 2 aromatic heterocycles. The Morgan fingerprint density at radius 1 is 1.08 bits per heavy atom. The van der Waals surface area contributed by atoms with E-state index in [0.717, 1.165) is 11.3 Å². The number of carbonyl (C=O) groups excluding carboxylic acids is 2. The molecular formula is C19H18N4O2S. The van der Waals surface area contributed by atoms with Gasteiger partial charge < -0.3 is 5.32 Å². The van der Waals surface area contributed by atoms with E-state index in [1.54, 1.807) is 17.6 Å². The molecule has 1 aromatic carbocycles. The first-order chi connectivity index (χ1) is 12.6. The number of aromatic nitrogens is 2. The first-order valence-electron chi connectivity index (χ1n) is 8.14. The van der Waals surface area contributed by atoms with Gasteiger partial charge in [0.15, 0.2) is 5.13 Å². The van der Waals surface area contributed by atoms with Gasteiger partial charge in [-0.3, -0.25) is 19.9 Å². The molecule has 2 heterocycles. The normalized spacial score (nSPS) is 10.3. The number of rotatable bonds is 6. The van der Waals surface area contributed by atoms with E-state index in [1.807, 2.05) is 43.3 Å². The summed E-state index contributed by atoms with van der Waals surface area (Å²) < 4.78 is 0. The lowest BCUT2D eigenvalue weighted by molar-refractivity contribution is 0.0948. The Bertz CT molecular complexity index is 909. The van der Waals surface area contributed by atoms with E-state index < -0.39 is 0 Å². The molecule has 132 valence electrons. The Morgan fingerprint density at radius 2 is 1.88 bits per heavy atom. The second kappa shape index (κ2) is 8.35. The molecule has 3 rings (SSSR count). The summed E-state index contributed by atoms with van der Waals surface area (Å²) >= 11 is 1.22. The van der Waals surface area contributed by atoms with Crippen LogP contribution in [0.15, 0.2) is 54.0 Å². The molecule has 0 saturated heterocycles. The van der Waals surface area contributed by atoms with Crippen LogP contribution in [0, 0.1) is 6.92 Å². The third-order valence-corrected chi connectivity index (χ3v) is 4.50. The smallest absolute Gasteiger partial charge is 0.270 e. The molecule has 3 aromatic rings. The molecular weight excluding hydrogens is 348 g/mol. The number of nitrogens with one attached hydrogen (secondary N) is 2. The zero-order chi connectivity index (χ0) is 18.4. The van der Waals surface area contributed by atoms with Crippen LogP contribution < -0.4 is 10.6 Å². The largest absolute Gasteiger partial charge is 0.350 e. The monoisotopic (exact) mass is 366 g/mol. The summed E-state index contributed by atoms with van der Waals surface area (Å²) in [5, 5.41) is 7.57. The minimum absolute atomic E-state index is 0.237. The van der Waals surface area contributed by atoms with Crippen LogP contribution >= 0.6 is 11.3 Å². The molecule has 0 aliphatic rings. The van der Waals surface area contributed by atoms with Crippen LogP contribution in [0.2, 0.25) is 0 Å². The number of benzene rings is 1. The van der Waals surface area contributed by atoms with Gasteiger partial charge in [-0.1, -0.05) is 24.3 Å². The van der Waals surface area contributed by atoms with E-state index in [-0.39, 0.29) is 17.5 Å². The van der Waals surface area contributed by atoms with E-state index >= 15 is 0 Å². The number of hydrogen-bond donors (Lipinski definition) is 2. The number of hydrogen-bond acceptors (Lipinski definition) is 5. The van der Waals surface area contributed by atoms with E-state index in [4.69, 9.17) is 0 Å². The molecule has 0 unspecified atom stereocenters. The van der Waals surface area contributed by atoms with Crippen LogP contribution in [0.3, 0.4) is 0 Å². The predicted octanol–water partition coefficient (Wildman–Crippen LogP) is 3.07. The molecule has 0 aliphatic heterocycles. The first kappa shape index (κ1) is 17.8. The maximum atomic E-state index is 12.3. The number of anilines is 1. The van der Waals surface area contributed by atoms with Crippen molar-refractivity contribution in [1.82, 2.24) is 15.3 Å². The van der Waals surface area contributed by atoms with E-state index in [9.17, 15) is 9.59 Å². The quantitative estimate of drug-likeness (QED) is 0.702. The molecule has 0 aliphatic carbocycles. The number of pyridine rings is 1. The van der Waals surface area contributed by atoms with E-state index in [2.05, 4.69) is 20.6 Å². The summed E-state index contributed by atoms with van der Waals surface area (Å²) in [6.07, 6.45) is 2.37. The van der Waals surface area contributed by atoms with Gasteiger partial charge in [0.1, 0.15) is 5.69 Å². The summed E-state index contributed by atoms with van der Waals surface area (Å²) in [7, 11) is 0. The molecule has 0 bridgehead atoms. The minimum atomic E-state index is -0.270. The topological polar surface area (TPSA) is 84.0 Å². The third-order valence-electron chi connectivity index (χ3n) is 3.74. The standard InChI is InChI=1S/C19H18N4O2S/c1-13-6-2-3-8-15(13)17(24)23-19-22-16(12-26-19)18(25)21-11-9-14-7-4-5-10-20-14/h2-8,10,12H,9,11H2,1H3,(H,21,25)(H,22,23,24). The molecule has 0 fully saturated rings. The second-order valence-corrected chi connectivity index (χ2v) is 6.49. The average molecular weight is 366 g/mol. The van der Waals surface area contributed by atoms with Crippen LogP contribution in [-0.4, -0.2) is 28.3 Å². The second-order valence-electron chi connectivity index (χ2n) is 5.63. The zero-order valence-corrected chi connectivity index (χ0v) is 15.0. The lowest BCUT2D eigenvalue weighted by Crippen LogP contribution is -2.26. The van der Waals surface area contributed by atoms with E-state index in [0.29, 0.717) is 23.7 Å². The fraction of sp³-hybridized carbons (Fsp3) is 0.158. The molecule has 0 spiro atoms. The predicted molar refractivity (Wildman–Crippen MR) is 102 cm³/mol. The van der Waals surface area contributed by atoms with Gasteiger partial charge >= 0.3 is 0 Å². The van der Waals surface area contributed by atoms with Crippen LogP contribution in [-0.2, 0) is 6.42 Å². The molecule has 2 amide bonds. The fourth-order valence-electron chi connectivity index (χ4n) is 2.37. The van der Waals surface area contributed by atoms with Crippen LogP contribution in [0.25, 0.3) is 0 Å². The fourth-order valence-corrected chi connectivity index (χ4v) is 3.05. The summed E-state index contributed by atoms with van der Waals surface area (Å²) in [6.45, 7) is 2.34. The van der Waals surface area contributed by atoms with Crippen molar-refractivity contribution < 1.29 is 9.59 Å². The SMILES string of the molecule is Cc1ccccc1C(=O)Nc1nc(C(=O)NCCc2ccccn2)cs1. The van der Waals surface area contributed by atoms with Gasteiger partial charge in [0.25, 0.3) is 11.8 Å². The maximum Gasteiger partial charge on any atom is 0.270 e. The molecule has 0 saturated carbocycles. The third kappa shape index (κ3) is 4.52. The van der Waals surface area contributed by atoms with Crippen molar-refractivity contribution in [3.05, 3.63) is 76.6 Å². The molecule has 26 heavy (non-hydrogen) atoms. The van der Waals surface area contributed by atoms with Gasteiger partial charge in [-0.05, 0) is 30.7 Å². The van der Waals surface area contributed by atoms with Gasteiger partial charge in [-0.25, -0.2) is 4.98 Å². The number of thiazole rings is 1. The molecule has 7 heteroatoms. The van der Waals surface area contributed by atoms with Gasteiger partial charge in [0.2, 0.25) is 0 Å². The van der Waals surface area contributed by atoms with Gasteiger partial charge in [-0.15, -0.1) is 11.3 Å². The Balaban J connectivity index is 1.54. The van der Waals surface area contributed by atoms with Crippen molar-refractivity contribution in [3.63, 3.8) is 0 Å². The lowest BCUT2D eigenvalue weighted by atomic mass is 10.1. The molecule has 2 N–H and O–H groups in total.